The molecular weight excluding hydrogens is 432 g/mol. The SMILES string of the molecule is CC(C)C(=O)N[C@H]1[C@H]([C@H](O)[C@H](O)CO)O[C@@](Oc2ccc([N+](=O)[O-])cc2)(C(=O)O)C[C@@H]1O. The Kier molecular flexibility index (Phi) is 8.09. The van der Waals surface area contributed by atoms with E-state index in [4.69, 9.17) is 9.47 Å². The monoisotopic (exact) mass is 458 g/mol. The first-order chi connectivity index (χ1) is 14.9. The Hall–Kier alpha value is -2.84. The van der Waals surface area contributed by atoms with Gasteiger partial charge < -0.3 is 40.3 Å². The molecule has 1 aliphatic rings. The van der Waals surface area contributed by atoms with E-state index in [-0.39, 0.29) is 11.4 Å². The van der Waals surface area contributed by atoms with Gasteiger partial charge in [0.15, 0.2) is 0 Å². The highest BCUT2D eigenvalue weighted by molar-refractivity contribution is 5.79. The van der Waals surface area contributed by atoms with Crippen LogP contribution >= 0.6 is 0 Å². The second-order valence-corrected chi connectivity index (χ2v) is 7.69. The van der Waals surface area contributed by atoms with Crippen LogP contribution in [-0.2, 0) is 14.3 Å². The molecule has 1 aromatic rings. The lowest BCUT2D eigenvalue weighted by Crippen LogP contribution is -2.69. The number of hydrogen-bond acceptors (Lipinski definition) is 10. The van der Waals surface area contributed by atoms with E-state index in [0.717, 1.165) is 24.3 Å². The third-order valence-corrected chi connectivity index (χ3v) is 4.98. The van der Waals surface area contributed by atoms with Gasteiger partial charge in [-0.1, -0.05) is 13.8 Å². The predicted molar refractivity (Wildman–Crippen MR) is 105 cm³/mol. The number of carboxylic acid groups (broad SMARTS) is 1. The number of aliphatic hydroxyl groups excluding tert-OH is 4. The number of carboxylic acids is 1. The van der Waals surface area contributed by atoms with Crippen LogP contribution in [0.15, 0.2) is 24.3 Å². The number of nitro groups is 1. The van der Waals surface area contributed by atoms with E-state index in [0.29, 0.717) is 0 Å². The first-order valence-corrected chi connectivity index (χ1v) is 9.72. The van der Waals surface area contributed by atoms with Crippen LogP contribution in [0.2, 0.25) is 0 Å². The normalized spacial score (nSPS) is 27.4. The Morgan fingerprint density at radius 1 is 1.31 bits per heavy atom. The van der Waals surface area contributed by atoms with Gasteiger partial charge in [0.05, 0.1) is 30.1 Å². The highest BCUT2D eigenvalue weighted by atomic mass is 16.7. The van der Waals surface area contributed by atoms with Crippen molar-refractivity contribution in [3.05, 3.63) is 34.4 Å². The highest BCUT2D eigenvalue weighted by Crippen LogP contribution is 2.35. The molecule has 178 valence electrons. The fraction of sp³-hybridized carbons (Fsp3) is 0.579. The molecule has 1 aromatic carbocycles. The number of non-ortho nitro benzene ring substituents is 1. The maximum atomic E-state index is 12.2. The summed E-state index contributed by atoms with van der Waals surface area (Å²) in [6, 6.07) is 3.04. The minimum Gasteiger partial charge on any atom is -0.476 e. The Labute approximate surface area is 182 Å². The van der Waals surface area contributed by atoms with Crippen LogP contribution in [0.1, 0.15) is 20.3 Å². The number of ether oxygens (including phenoxy) is 2. The van der Waals surface area contributed by atoms with Crippen LogP contribution in [0.25, 0.3) is 0 Å². The second kappa shape index (κ2) is 10.2. The fourth-order valence-electron chi connectivity index (χ4n) is 3.15. The summed E-state index contributed by atoms with van der Waals surface area (Å²) in [5, 5.41) is 63.2. The van der Waals surface area contributed by atoms with Crippen molar-refractivity contribution in [3.63, 3.8) is 0 Å². The lowest BCUT2D eigenvalue weighted by Gasteiger charge is -2.46. The Balaban J connectivity index is 2.41. The van der Waals surface area contributed by atoms with Gasteiger partial charge in [-0.2, -0.15) is 0 Å². The average Bonchev–Trinajstić information content (AvgIpc) is 2.74. The Morgan fingerprint density at radius 3 is 2.38 bits per heavy atom. The molecule has 1 aliphatic heterocycles. The van der Waals surface area contributed by atoms with E-state index < -0.39 is 72.0 Å². The minimum absolute atomic E-state index is 0.147. The number of nitro benzene ring substituents is 1. The molecule has 6 N–H and O–H groups in total. The first-order valence-electron chi connectivity index (χ1n) is 9.72. The second-order valence-electron chi connectivity index (χ2n) is 7.69. The summed E-state index contributed by atoms with van der Waals surface area (Å²) in [4.78, 5) is 34.4. The molecule has 13 nitrogen and oxygen atoms in total. The number of amides is 1. The van der Waals surface area contributed by atoms with Gasteiger partial charge in [0.25, 0.3) is 5.69 Å². The van der Waals surface area contributed by atoms with Gasteiger partial charge in [0.1, 0.15) is 24.1 Å². The van der Waals surface area contributed by atoms with E-state index in [9.17, 15) is 45.2 Å². The van der Waals surface area contributed by atoms with E-state index >= 15 is 0 Å². The fourth-order valence-corrected chi connectivity index (χ4v) is 3.15. The number of nitrogens with one attached hydrogen (secondary N) is 1. The number of nitrogens with zero attached hydrogens (tertiary/aromatic N) is 1. The standard InChI is InChI=1S/C19H26N2O11/c1-9(2)17(26)20-14-12(23)7-19(18(27)28,32-16(14)15(25)13(24)8-22)31-11-5-3-10(4-6-11)21(29)30/h3-6,9,12-16,22-25H,7-8H2,1-2H3,(H,20,26)(H,27,28)/t12-,13+,14+,15+,16+,19+/m0/s1. The number of hydrogen-bond donors (Lipinski definition) is 6. The summed E-state index contributed by atoms with van der Waals surface area (Å²) in [7, 11) is 0. The van der Waals surface area contributed by atoms with Gasteiger partial charge in [-0.3, -0.25) is 14.9 Å². The zero-order chi connectivity index (χ0) is 24.2. The molecule has 32 heavy (non-hydrogen) atoms. The van der Waals surface area contributed by atoms with Crippen LogP contribution in [0.4, 0.5) is 5.69 Å². The van der Waals surface area contributed by atoms with Gasteiger partial charge in [-0.15, -0.1) is 0 Å². The van der Waals surface area contributed by atoms with Gasteiger partial charge in [0, 0.05) is 18.1 Å². The van der Waals surface area contributed by atoms with Gasteiger partial charge in [-0.25, -0.2) is 4.79 Å². The topological polar surface area (TPSA) is 209 Å². The number of aliphatic carboxylic acids is 1. The van der Waals surface area contributed by atoms with Crippen molar-refractivity contribution < 1.29 is 49.5 Å². The molecule has 1 fully saturated rings. The third kappa shape index (κ3) is 5.49. The van der Waals surface area contributed by atoms with Gasteiger partial charge >= 0.3 is 11.8 Å². The molecule has 0 radical (unpaired) electrons. The molecule has 1 amide bonds. The zero-order valence-corrected chi connectivity index (χ0v) is 17.3. The van der Waals surface area contributed by atoms with Crippen LogP contribution in [0.5, 0.6) is 5.75 Å². The van der Waals surface area contributed by atoms with Crippen molar-refractivity contribution in [1.29, 1.82) is 0 Å². The van der Waals surface area contributed by atoms with Crippen molar-refractivity contribution in [1.82, 2.24) is 5.32 Å². The van der Waals surface area contributed by atoms with Crippen LogP contribution in [0, 0.1) is 16.0 Å². The average molecular weight is 458 g/mol. The molecule has 0 aromatic heterocycles. The number of carbonyl (C=O) groups is 2. The first kappa shape index (κ1) is 25.4. The maximum absolute atomic E-state index is 12.2. The summed E-state index contributed by atoms with van der Waals surface area (Å²) in [5.41, 5.74) is -0.276. The maximum Gasteiger partial charge on any atom is 0.377 e. The van der Waals surface area contributed by atoms with Crippen LogP contribution in [0.3, 0.4) is 0 Å². The molecule has 6 atom stereocenters. The van der Waals surface area contributed by atoms with Crippen molar-refractivity contribution in [2.45, 2.75) is 56.5 Å². The molecule has 1 saturated heterocycles. The van der Waals surface area contributed by atoms with Gasteiger partial charge in [0.2, 0.25) is 5.91 Å². The molecule has 2 rings (SSSR count). The van der Waals surface area contributed by atoms with Crippen LogP contribution < -0.4 is 10.1 Å². The van der Waals surface area contributed by atoms with Crippen molar-refractivity contribution in [3.8, 4) is 5.75 Å². The van der Waals surface area contributed by atoms with E-state index in [1.54, 1.807) is 13.8 Å². The lowest BCUT2D eigenvalue weighted by atomic mass is 9.88. The molecular formula is C19H26N2O11. The third-order valence-electron chi connectivity index (χ3n) is 4.98. The Bertz CT molecular complexity index is 831. The molecule has 0 spiro atoms. The van der Waals surface area contributed by atoms with Crippen molar-refractivity contribution in [2.24, 2.45) is 5.92 Å². The number of aliphatic hydroxyl groups is 4. The van der Waals surface area contributed by atoms with Crippen molar-refractivity contribution in [2.75, 3.05) is 6.61 Å². The largest absolute Gasteiger partial charge is 0.476 e. The number of rotatable bonds is 9. The summed E-state index contributed by atoms with van der Waals surface area (Å²) in [6.45, 7) is 2.22. The predicted octanol–water partition coefficient (Wildman–Crippen LogP) is -1.24. The lowest BCUT2D eigenvalue weighted by molar-refractivity contribution is -0.384. The van der Waals surface area contributed by atoms with E-state index in [1.807, 2.05) is 0 Å². The summed E-state index contributed by atoms with van der Waals surface area (Å²) in [5.74, 6) is -5.47. The molecule has 1 heterocycles. The molecule has 0 saturated carbocycles. The molecule has 0 bridgehead atoms. The summed E-state index contributed by atoms with van der Waals surface area (Å²) in [6.07, 6.45) is -7.69. The quantitative estimate of drug-likeness (QED) is 0.190. The Morgan fingerprint density at radius 2 is 1.91 bits per heavy atom. The van der Waals surface area contributed by atoms with Crippen molar-refractivity contribution >= 4 is 17.6 Å². The number of carbonyl (C=O) groups excluding carboxylic acids is 1. The highest BCUT2D eigenvalue weighted by Gasteiger charge is 2.56. The zero-order valence-electron chi connectivity index (χ0n) is 17.3. The van der Waals surface area contributed by atoms with Gasteiger partial charge in [-0.05, 0) is 12.1 Å². The van der Waals surface area contributed by atoms with E-state index in [1.165, 1.54) is 0 Å². The molecule has 0 aliphatic carbocycles. The van der Waals surface area contributed by atoms with Crippen LogP contribution in [-0.4, -0.2) is 85.2 Å². The molecule has 0 unspecified atom stereocenters. The smallest absolute Gasteiger partial charge is 0.377 e. The molecule has 13 heteroatoms. The van der Waals surface area contributed by atoms with E-state index in [2.05, 4.69) is 5.32 Å². The number of benzene rings is 1. The summed E-state index contributed by atoms with van der Waals surface area (Å²) < 4.78 is 10.9. The summed E-state index contributed by atoms with van der Waals surface area (Å²) >= 11 is 0. The minimum atomic E-state index is -2.57.